The number of pyridine rings is 1. The Morgan fingerprint density at radius 1 is 1.22 bits per heavy atom. The van der Waals surface area contributed by atoms with Crippen LogP contribution in [0.5, 0.6) is 5.75 Å². The summed E-state index contributed by atoms with van der Waals surface area (Å²) < 4.78 is 30.7. The van der Waals surface area contributed by atoms with E-state index in [9.17, 15) is 13.6 Å². The van der Waals surface area contributed by atoms with E-state index in [4.69, 9.17) is 0 Å². The number of carbonyl (C=O) groups is 1. The number of alkyl halides is 2. The molecule has 0 aliphatic carbocycles. The number of hydrogen-bond donors (Lipinski definition) is 1. The molecule has 32 heavy (non-hydrogen) atoms. The number of thiazole rings is 1. The lowest BCUT2D eigenvalue weighted by molar-refractivity contribution is -0.0498. The summed E-state index contributed by atoms with van der Waals surface area (Å²) in [5.74, 6) is 0.391. The molecule has 0 saturated carbocycles. The van der Waals surface area contributed by atoms with Crippen LogP contribution in [-0.2, 0) is 6.42 Å². The van der Waals surface area contributed by atoms with E-state index in [2.05, 4.69) is 25.1 Å². The van der Waals surface area contributed by atoms with Crippen LogP contribution in [0.25, 0.3) is 17.1 Å². The second-order valence-electron chi connectivity index (χ2n) is 6.74. The average Bonchev–Trinajstić information content (AvgIpc) is 3.37. The average molecular weight is 455 g/mol. The summed E-state index contributed by atoms with van der Waals surface area (Å²) in [6.07, 6.45) is 3.78. The number of ether oxygens (including phenoxy) is 1. The number of amides is 1. The smallest absolute Gasteiger partial charge is 0.387 e. The lowest BCUT2D eigenvalue weighted by Crippen LogP contribution is -2.14. The predicted molar refractivity (Wildman–Crippen MR) is 118 cm³/mol. The second kappa shape index (κ2) is 9.23. The van der Waals surface area contributed by atoms with Crippen LogP contribution in [0.4, 0.5) is 13.9 Å². The zero-order valence-electron chi connectivity index (χ0n) is 17.3. The summed E-state index contributed by atoms with van der Waals surface area (Å²) >= 11 is 1.33. The topological polar surface area (TPSA) is 81.9 Å². The van der Waals surface area contributed by atoms with E-state index in [1.54, 1.807) is 23.0 Å². The van der Waals surface area contributed by atoms with Gasteiger partial charge in [-0.05, 0) is 49.7 Å². The van der Waals surface area contributed by atoms with Gasteiger partial charge in [0.25, 0.3) is 5.91 Å². The van der Waals surface area contributed by atoms with Gasteiger partial charge in [-0.2, -0.15) is 13.9 Å². The van der Waals surface area contributed by atoms with E-state index >= 15 is 0 Å². The first-order valence-corrected chi connectivity index (χ1v) is 10.6. The fraction of sp³-hybridized carbons (Fsp3) is 0.182. The van der Waals surface area contributed by atoms with Crippen molar-refractivity contribution in [1.82, 2.24) is 19.7 Å². The number of anilines is 1. The fourth-order valence-electron chi connectivity index (χ4n) is 3.26. The third-order valence-electron chi connectivity index (χ3n) is 4.68. The molecule has 0 spiro atoms. The molecule has 7 nitrogen and oxygen atoms in total. The van der Waals surface area contributed by atoms with Gasteiger partial charge in [-0.25, -0.2) is 14.6 Å². The molecule has 0 bridgehead atoms. The van der Waals surface area contributed by atoms with Crippen molar-refractivity contribution < 1.29 is 18.3 Å². The molecule has 0 saturated heterocycles. The van der Waals surface area contributed by atoms with Gasteiger partial charge in [0.05, 0.1) is 23.1 Å². The Hall–Kier alpha value is -3.66. The third-order valence-corrected chi connectivity index (χ3v) is 5.57. The van der Waals surface area contributed by atoms with Crippen LogP contribution in [0.2, 0.25) is 0 Å². The molecule has 0 radical (unpaired) electrons. The number of benzene rings is 1. The Kier molecular flexibility index (Phi) is 6.22. The number of hydrogen-bond acceptors (Lipinski definition) is 6. The van der Waals surface area contributed by atoms with Gasteiger partial charge in [0, 0.05) is 16.6 Å². The fourth-order valence-corrected chi connectivity index (χ4v) is 4.09. The number of carbonyl (C=O) groups excluding carboxylic acids is 1. The minimum atomic E-state index is -2.88. The molecule has 0 fully saturated rings. The van der Waals surface area contributed by atoms with Crippen molar-refractivity contribution in [3.05, 3.63) is 71.0 Å². The zero-order valence-corrected chi connectivity index (χ0v) is 18.1. The molecule has 0 atom stereocenters. The van der Waals surface area contributed by atoms with E-state index in [0.717, 1.165) is 16.1 Å². The minimum absolute atomic E-state index is 0.0715. The molecule has 4 aromatic rings. The number of aryl methyl sites for hydroxylation is 1. The molecule has 3 aromatic heterocycles. The summed E-state index contributed by atoms with van der Waals surface area (Å²) in [4.78, 5) is 22.6. The lowest BCUT2D eigenvalue weighted by Gasteiger charge is -2.06. The minimum Gasteiger partial charge on any atom is -0.435 e. The van der Waals surface area contributed by atoms with Gasteiger partial charge in [-0.1, -0.05) is 13.0 Å². The van der Waals surface area contributed by atoms with Crippen LogP contribution in [-0.4, -0.2) is 32.3 Å². The number of nitrogens with zero attached hydrogens (tertiary/aromatic N) is 4. The van der Waals surface area contributed by atoms with Crippen molar-refractivity contribution >= 4 is 22.4 Å². The van der Waals surface area contributed by atoms with E-state index in [1.807, 2.05) is 32.0 Å². The van der Waals surface area contributed by atoms with E-state index < -0.39 is 6.61 Å². The van der Waals surface area contributed by atoms with Crippen molar-refractivity contribution in [2.24, 2.45) is 0 Å². The van der Waals surface area contributed by atoms with Crippen molar-refractivity contribution in [2.45, 2.75) is 26.9 Å². The lowest BCUT2D eigenvalue weighted by atomic mass is 10.1. The van der Waals surface area contributed by atoms with E-state index in [1.165, 1.54) is 29.7 Å². The van der Waals surface area contributed by atoms with Gasteiger partial charge >= 0.3 is 6.61 Å². The Labute approximate surface area is 186 Å². The zero-order chi connectivity index (χ0) is 22.7. The largest absolute Gasteiger partial charge is 0.435 e. The van der Waals surface area contributed by atoms with E-state index in [-0.39, 0.29) is 11.7 Å². The van der Waals surface area contributed by atoms with Gasteiger partial charge in [-0.15, -0.1) is 11.3 Å². The van der Waals surface area contributed by atoms with Crippen LogP contribution in [0.15, 0.2) is 54.9 Å². The van der Waals surface area contributed by atoms with Crippen LogP contribution in [0, 0.1) is 6.92 Å². The number of aromatic nitrogens is 4. The van der Waals surface area contributed by atoms with Gasteiger partial charge < -0.3 is 4.74 Å². The molecule has 0 aliphatic rings. The summed E-state index contributed by atoms with van der Waals surface area (Å²) in [6, 6.07) is 11.7. The van der Waals surface area contributed by atoms with Crippen molar-refractivity contribution in [2.75, 3.05) is 5.32 Å². The van der Waals surface area contributed by atoms with Gasteiger partial charge in [-0.3, -0.25) is 10.1 Å². The molecule has 1 N–H and O–H groups in total. The summed E-state index contributed by atoms with van der Waals surface area (Å²) in [5.41, 5.74) is 2.58. The molecular weight excluding hydrogens is 436 g/mol. The predicted octanol–water partition coefficient (Wildman–Crippen LogP) is 5.12. The molecule has 164 valence electrons. The molecule has 0 aliphatic heterocycles. The monoisotopic (exact) mass is 455 g/mol. The van der Waals surface area contributed by atoms with Crippen molar-refractivity contribution in [3.63, 3.8) is 0 Å². The molecule has 10 heteroatoms. The Morgan fingerprint density at radius 2 is 2.00 bits per heavy atom. The Morgan fingerprint density at radius 3 is 2.66 bits per heavy atom. The first-order chi connectivity index (χ1) is 15.5. The highest BCUT2D eigenvalue weighted by Crippen LogP contribution is 2.32. The standard InChI is InChI=1S/C22H19F2N5O2S/c1-3-17-16(12-26-29(17)18-6-4-5-11-25-18)20(30)28-22-27-19(13(2)32-22)14-7-9-15(10-8-14)31-21(23)24/h4-12,21H,3H2,1-2H3,(H,27,28,30). The first kappa shape index (κ1) is 21.6. The number of halogens is 2. The van der Waals surface area contributed by atoms with Gasteiger partial charge in [0.15, 0.2) is 10.9 Å². The number of rotatable bonds is 7. The van der Waals surface area contributed by atoms with Crippen molar-refractivity contribution in [1.29, 1.82) is 0 Å². The third kappa shape index (κ3) is 4.50. The van der Waals surface area contributed by atoms with Crippen LogP contribution >= 0.6 is 11.3 Å². The maximum Gasteiger partial charge on any atom is 0.387 e. The first-order valence-electron chi connectivity index (χ1n) is 9.78. The number of nitrogens with one attached hydrogen (secondary N) is 1. The molecular formula is C22H19F2N5O2S. The van der Waals surface area contributed by atoms with Crippen LogP contribution < -0.4 is 10.1 Å². The highest BCUT2D eigenvalue weighted by atomic mass is 32.1. The quantitative estimate of drug-likeness (QED) is 0.419. The van der Waals surface area contributed by atoms with Gasteiger partial charge in [0.1, 0.15) is 5.75 Å². The summed E-state index contributed by atoms with van der Waals surface area (Å²) in [5, 5.41) is 7.60. The summed E-state index contributed by atoms with van der Waals surface area (Å²) in [7, 11) is 0. The molecule has 1 aromatic carbocycles. The maximum absolute atomic E-state index is 12.9. The summed E-state index contributed by atoms with van der Waals surface area (Å²) in [6.45, 7) is 0.946. The Balaban J connectivity index is 1.54. The second-order valence-corrected chi connectivity index (χ2v) is 7.94. The normalized spacial score (nSPS) is 11.0. The Bertz CT molecular complexity index is 1220. The molecule has 1 amide bonds. The van der Waals surface area contributed by atoms with E-state index in [0.29, 0.717) is 28.6 Å². The highest BCUT2D eigenvalue weighted by Gasteiger charge is 2.20. The maximum atomic E-state index is 12.9. The van der Waals surface area contributed by atoms with Crippen LogP contribution in [0.1, 0.15) is 27.9 Å². The molecule has 3 heterocycles. The highest BCUT2D eigenvalue weighted by molar-refractivity contribution is 7.16. The van der Waals surface area contributed by atoms with Gasteiger partial charge in [0.2, 0.25) is 0 Å². The van der Waals surface area contributed by atoms with Crippen molar-refractivity contribution in [3.8, 4) is 22.8 Å². The van der Waals surface area contributed by atoms with Crippen LogP contribution in [0.3, 0.4) is 0 Å². The SMILES string of the molecule is CCc1c(C(=O)Nc2nc(-c3ccc(OC(F)F)cc3)c(C)s2)cnn1-c1ccccn1. The molecule has 0 unspecified atom stereocenters. The molecule has 4 rings (SSSR count).